The van der Waals surface area contributed by atoms with Crippen LogP contribution in [0.1, 0.15) is 0 Å². The molecule has 17 heavy (non-hydrogen) atoms. The zero-order valence-corrected chi connectivity index (χ0v) is 8.93. The third-order valence-corrected chi connectivity index (χ3v) is 2.35. The number of carbonyl (C=O) groups excluding carboxylic acids is 1. The highest BCUT2D eigenvalue weighted by molar-refractivity contribution is 5.78. The Bertz CT molecular complexity index is 693. The van der Waals surface area contributed by atoms with Gasteiger partial charge in [-0.3, -0.25) is 24.6 Å². The van der Waals surface area contributed by atoms with Crippen LogP contribution in [-0.4, -0.2) is 25.0 Å². The normalized spacial score (nSPS) is 10.7. The van der Waals surface area contributed by atoms with Gasteiger partial charge in [-0.2, -0.15) is 0 Å². The molecule has 0 unspecified atom stereocenters. The largest absolute Gasteiger partial charge is 0.329 e. The highest BCUT2D eigenvalue weighted by Gasteiger charge is 2.12. The Morgan fingerprint density at radius 2 is 2.29 bits per heavy atom. The summed E-state index contributed by atoms with van der Waals surface area (Å²) in [5, 5.41) is 0. The zero-order valence-electron chi connectivity index (χ0n) is 8.93. The molecule has 0 aliphatic rings. The number of nitrogens with one attached hydrogen (secondary N) is 2. The molecule has 0 aliphatic carbocycles. The van der Waals surface area contributed by atoms with Crippen molar-refractivity contribution < 1.29 is 4.79 Å². The van der Waals surface area contributed by atoms with Gasteiger partial charge in [-0.1, -0.05) is 0 Å². The molecule has 0 atom stereocenters. The van der Waals surface area contributed by atoms with E-state index in [9.17, 15) is 14.4 Å². The van der Waals surface area contributed by atoms with Crippen LogP contribution < -0.4 is 22.5 Å². The Morgan fingerprint density at radius 1 is 1.59 bits per heavy atom. The van der Waals surface area contributed by atoms with Gasteiger partial charge >= 0.3 is 5.69 Å². The molecule has 9 nitrogen and oxygen atoms in total. The maximum atomic E-state index is 11.6. The quantitative estimate of drug-likeness (QED) is 0.300. The van der Waals surface area contributed by atoms with E-state index < -0.39 is 17.2 Å². The number of imidazole rings is 1. The van der Waals surface area contributed by atoms with Crippen molar-refractivity contribution in [3.05, 3.63) is 27.2 Å². The fourth-order valence-corrected chi connectivity index (χ4v) is 1.51. The molecule has 2 heterocycles. The molecule has 0 saturated heterocycles. The van der Waals surface area contributed by atoms with E-state index in [4.69, 9.17) is 5.84 Å². The van der Waals surface area contributed by atoms with Crippen molar-refractivity contribution in [2.75, 3.05) is 0 Å². The smallest absolute Gasteiger partial charge is 0.315 e. The molecule has 0 radical (unpaired) electrons. The van der Waals surface area contributed by atoms with Crippen LogP contribution in [0.3, 0.4) is 0 Å². The van der Waals surface area contributed by atoms with Gasteiger partial charge in [0, 0.05) is 7.05 Å². The average molecular weight is 238 g/mol. The van der Waals surface area contributed by atoms with Crippen LogP contribution in [-0.2, 0) is 18.4 Å². The summed E-state index contributed by atoms with van der Waals surface area (Å²) in [6.07, 6.45) is 1.30. The Hall–Kier alpha value is -2.42. The van der Waals surface area contributed by atoms with Crippen molar-refractivity contribution in [2.24, 2.45) is 12.9 Å². The summed E-state index contributed by atoms with van der Waals surface area (Å²) >= 11 is 0. The lowest BCUT2D eigenvalue weighted by Crippen LogP contribution is -2.34. The van der Waals surface area contributed by atoms with Crippen LogP contribution >= 0.6 is 0 Å². The van der Waals surface area contributed by atoms with Crippen molar-refractivity contribution in [3.63, 3.8) is 0 Å². The monoisotopic (exact) mass is 238 g/mol. The molecule has 1 amide bonds. The lowest BCUT2D eigenvalue weighted by atomic mass is 10.5. The molecule has 2 rings (SSSR count). The first-order valence-corrected chi connectivity index (χ1v) is 4.68. The molecular weight excluding hydrogens is 228 g/mol. The third-order valence-electron chi connectivity index (χ3n) is 2.35. The summed E-state index contributed by atoms with van der Waals surface area (Å²) in [6.45, 7) is -0.145. The number of H-pyrrole nitrogens is 1. The van der Waals surface area contributed by atoms with Crippen molar-refractivity contribution in [1.29, 1.82) is 0 Å². The van der Waals surface area contributed by atoms with E-state index in [-0.39, 0.29) is 17.7 Å². The maximum Gasteiger partial charge on any atom is 0.329 e. The topological polar surface area (TPSA) is 128 Å². The van der Waals surface area contributed by atoms with Crippen molar-refractivity contribution in [2.45, 2.75) is 6.54 Å². The van der Waals surface area contributed by atoms with E-state index in [0.717, 1.165) is 0 Å². The fraction of sp³-hybridized carbons (Fsp3) is 0.250. The van der Waals surface area contributed by atoms with Gasteiger partial charge in [0.05, 0.1) is 6.33 Å². The van der Waals surface area contributed by atoms with Gasteiger partial charge in [-0.05, 0) is 0 Å². The first-order valence-electron chi connectivity index (χ1n) is 4.68. The van der Waals surface area contributed by atoms with Gasteiger partial charge in [0.2, 0.25) is 0 Å². The summed E-state index contributed by atoms with van der Waals surface area (Å²) in [4.78, 5) is 40.1. The van der Waals surface area contributed by atoms with Crippen molar-refractivity contribution in [1.82, 2.24) is 24.5 Å². The summed E-state index contributed by atoms with van der Waals surface area (Å²) < 4.78 is 2.50. The van der Waals surface area contributed by atoms with Crippen LogP contribution in [0.2, 0.25) is 0 Å². The van der Waals surface area contributed by atoms with Crippen LogP contribution in [0.25, 0.3) is 11.2 Å². The van der Waals surface area contributed by atoms with Crippen molar-refractivity contribution in [3.8, 4) is 0 Å². The zero-order chi connectivity index (χ0) is 12.6. The number of fused-ring (bicyclic) bond motifs is 1. The second-order valence-electron chi connectivity index (χ2n) is 3.43. The van der Waals surface area contributed by atoms with Gasteiger partial charge in [0.1, 0.15) is 6.54 Å². The first kappa shape index (κ1) is 11.1. The Balaban J connectivity index is 2.69. The molecule has 0 aromatic carbocycles. The fourth-order valence-electron chi connectivity index (χ4n) is 1.51. The maximum absolute atomic E-state index is 11.6. The minimum absolute atomic E-state index is 0.145. The number of hydrazine groups is 1. The van der Waals surface area contributed by atoms with Gasteiger partial charge in [0.25, 0.3) is 11.5 Å². The van der Waals surface area contributed by atoms with Gasteiger partial charge in [-0.25, -0.2) is 15.6 Å². The lowest BCUT2D eigenvalue weighted by molar-refractivity contribution is -0.121. The van der Waals surface area contributed by atoms with E-state index in [2.05, 4.69) is 9.97 Å². The molecule has 0 fully saturated rings. The van der Waals surface area contributed by atoms with Gasteiger partial charge in [0.15, 0.2) is 11.2 Å². The minimum atomic E-state index is -0.592. The Kier molecular flexibility index (Phi) is 2.52. The van der Waals surface area contributed by atoms with Gasteiger partial charge < -0.3 is 4.57 Å². The number of rotatable bonds is 2. The predicted molar refractivity (Wildman–Crippen MR) is 57.9 cm³/mol. The summed E-state index contributed by atoms with van der Waals surface area (Å²) in [5.41, 5.74) is 1.15. The second-order valence-corrected chi connectivity index (χ2v) is 3.43. The number of amides is 1. The van der Waals surface area contributed by atoms with E-state index in [1.807, 2.05) is 5.43 Å². The SMILES string of the molecule is Cn1c(=O)[nH]c(=O)c2c1ncn2CC(=O)NN. The molecule has 2 aromatic heterocycles. The molecule has 2 aromatic rings. The van der Waals surface area contributed by atoms with Crippen LogP contribution in [0.5, 0.6) is 0 Å². The predicted octanol–water partition coefficient (Wildman–Crippen LogP) is -2.59. The Labute approximate surface area is 93.8 Å². The first-order chi connectivity index (χ1) is 8.04. The summed E-state index contributed by atoms with van der Waals surface area (Å²) in [6, 6.07) is 0. The summed E-state index contributed by atoms with van der Waals surface area (Å²) in [5.74, 6) is 4.48. The van der Waals surface area contributed by atoms with E-state index in [1.165, 1.54) is 22.5 Å². The lowest BCUT2D eigenvalue weighted by Gasteiger charge is -2.02. The number of aromatic nitrogens is 4. The van der Waals surface area contributed by atoms with Crippen LogP contribution in [0, 0.1) is 0 Å². The summed E-state index contributed by atoms with van der Waals surface area (Å²) in [7, 11) is 1.47. The molecule has 9 heteroatoms. The number of aryl methyl sites for hydroxylation is 1. The Morgan fingerprint density at radius 3 is 2.94 bits per heavy atom. The average Bonchev–Trinajstić information content (AvgIpc) is 2.70. The molecule has 90 valence electrons. The van der Waals surface area contributed by atoms with E-state index in [1.54, 1.807) is 0 Å². The highest BCUT2D eigenvalue weighted by atomic mass is 16.2. The standard InChI is InChI=1S/C8H10N6O3/c1-13-6-5(7(16)11-8(13)17)14(3-10-6)2-4(15)12-9/h3H,2,9H2,1H3,(H,12,15)(H,11,16,17). The number of aromatic amines is 1. The molecule has 0 spiro atoms. The third kappa shape index (κ3) is 1.72. The minimum Gasteiger partial charge on any atom is -0.315 e. The van der Waals surface area contributed by atoms with Gasteiger partial charge in [-0.15, -0.1) is 0 Å². The van der Waals surface area contributed by atoms with E-state index in [0.29, 0.717) is 0 Å². The second kappa shape index (κ2) is 3.87. The number of hydrogen-bond acceptors (Lipinski definition) is 5. The molecule has 0 aliphatic heterocycles. The number of hydrogen-bond donors (Lipinski definition) is 3. The molecule has 0 bridgehead atoms. The molecular formula is C8H10N6O3. The van der Waals surface area contributed by atoms with Crippen molar-refractivity contribution >= 4 is 17.1 Å². The number of nitrogens with zero attached hydrogens (tertiary/aromatic N) is 3. The van der Waals surface area contributed by atoms with Crippen LogP contribution in [0.4, 0.5) is 0 Å². The number of nitrogens with two attached hydrogens (primary N) is 1. The molecule has 4 N–H and O–H groups in total. The van der Waals surface area contributed by atoms with Crippen LogP contribution in [0.15, 0.2) is 15.9 Å². The number of carbonyl (C=O) groups is 1. The van der Waals surface area contributed by atoms with E-state index >= 15 is 0 Å². The highest BCUT2D eigenvalue weighted by Crippen LogP contribution is 2.03. The molecule has 0 saturated carbocycles.